The van der Waals surface area contributed by atoms with Crippen molar-refractivity contribution in [1.82, 2.24) is 10.2 Å². The lowest BCUT2D eigenvalue weighted by Gasteiger charge is -2.10. The van der Waals surface area contributed by atoms with Crippen LogP contribution < -0.4 is 0 Å². The first-order valence-corrected chi connectivity index (χ1v) is 7.19. The fourth-order valence-electron chi connectivity index (χ4n) is 2.20. The molecule has 1 unspecified atom stereocenters. The van der Waals surface area contributed by atoms with Crippen molar-refractivity contribution in [3.8, 4) is 0 Å². The summed E-state index contributed by atoms with van der Waals surface area (Å²) in [4.78, 5) is 41.2. The van der Waals surface area contributed by atoms with Crippen molar-refractivity contribution in [3.63, 3.8) is 0 Å². The number of nitrogens with zero attached hydrogens (tertiary/aromatic N) is 2. The highest BCUT2D eigenvalue weighted by Crippen LogP contribution is 2.24. The summed E-state index contributed by atoms with van der Waals surface area (Å²) < 4.78 is 4.93. The highest BCUT2D eigenvalue weighted by Gasteiger charge is 2.39. The highest BCUT2D eigenvalue weighted by atomic mass is 16.7. The van der Waals surface area contributed by atoms with Gasteiger partial charge in [0.1, 0.15) is 0 Å². The number of hydrogen-bond acceptors (Lipinski definition) is 6. The number of amides is 2. The van der Waals surface area contributed by atoms with E-state index in [1.165, 1.54) is 18.2 Å². The van der Waals surface area contributed by atoms with Crippen molar-refractivity contribution in [2.75, 3.05) is 0 Å². The molecule has 1 aromatic heterocycles. The Hall–Kier alpha value is -2.96. The molecule has 2 aromatic rings. The second-order valence-corrected chi connectivity index (χ2v) is 5.25. The van der Waals surface area contributed by atoms with Crippen LogP contribution in [-0.2, 0) is 4.84 Å². The van der Waals surface area contributed by atoms with Gasteiger partial charge in [-0.05, 0) is 18.6 Å². The molecule has 2 heterocycles. The van der Waals surface area contributed by atoms with Crippen LogP contribution in [0, 0.1) is 0 Å². The number of hydrogen-bond donors (Lipinski definition) is 0. The molecule has 3 rings (SSSR count). The van der Waals surface area contributed by atoms with E-state index < -0.39 is 17.8 Å². The van der Waals surface area contributed by atoms with Gasteiger partial charge in [-0.25, -0.2) is 4.79 Å². The SMILES string of the molecule is CCC(C)c1cc(C(=O)ON2C(=O)c3ccccc3C2=O)on1. The zero-order valence-corrected chi connectivity index (χ0v) is 12.6. The minimum Gasteiger partial charge on any atom is -0.349 e. The molecule has 7 heteroatoms. The summed E-state index contributed by atoms with van der Waals surface area (Å²) in [5.74, 6) is -2.33. The Bertz CT molecular complexity index is 760. The van der Waals surface area contributed by atoms with Crippen molar-refractivity contribution in [2.45, 2.75) is 26.2 Å². The zero-order chi connectivity index (χ0) is 16.6. The first-order chi connectivity index (χ1) is 11.0. The zero-order valence-electron chi connectivity index (χ0n) is 12.6. The van der Waals surface area contributed by atoms with Gasteiger partial charge in [0, 0.05) is 12.0 Å². The van der Waals surface area contributed by atoms with Crippen molar-refractivity contribution < 1.29 is 23.7 Å². The second-order valence-electron chi connectivity index (χ2n) is 5.25. The molecular formula is C16H14N2O5. The number of rotatable bonds is 4. The van der Waals surface area contributed by atoms with Gasteiger partial charge in [-0.3, -0.25) is 9.59 Å². The minimum atomic E-state index is -0.943. The smallest absolute Gasteiger partial charge is 0.349 e. The Kier molecular flexibility index (Phi) is 3.69. The maximum absolute atomic E-state index is 12.1. The van der Waals surface area contributed by atoms with Gasteiger partial charge >= 0.3 is 5.97 Å². The van der Waals surface area contributed by atoms with Gasteiger partial charge in [-0.2, -0.15) is 0 Å². The van der Waals surface area contributed by atoms with Crippen LogP contribution in [0.1, 0.15) is 63.2 Å². The number of imide groups is 1. The Morgan fingerprint density at radius 3 is 2.43 bits per heavy atom. The number of benzene rings is 1. The number of hydroxylamine groups is 2. The molecule has 1 atom stereocenters. The molecule has 23 heavy (non-hydrogen) atoms. The molecule has 0 N–H and O–H groups in total. The van der Waals surface area contributed by atoms with Crippen molar-refractivity contribution in [3.05, 3.63) is 52.9 Å². The second kappa shape index (κ2) is 5.68. The van der Waals surface area contributed by atoms with Crippen LogP contribution in [0.25, 0.3) is 0 Å². The molecule has 1 aliphatic heterocycles. The van der Waals surface area contributed by atoms with E-state index in [9.17, 15) is 14.4 Å². The molecule has 1 aromatic carbocycles. The summed E-state index contributed by atoms with van der Waals surface area (Å²) in [7, 11) is 0. The number of aromatic nitrogens is 1. The van der Waals surface area contributed by atoms with E-state index in [1.807, 2.05) is 13.8 Å². The topological polar surface area (TPSA) is 89.7 Å². The van der Waals surface area contributed by atoms with Crippen LogP contribution in [0.2, 0.25) is 0 Å². The average Bonchev–Trinajstić information content (AvgIpc) is 3.15. The van der Waals surface area contributed by atoms with E-state index in [-0.39, 0.29) is 22.8 Å². The molecule has 0 aliphatic carbocycles. The quantitative estimate of drug-likeness (QED) is 0.806. The molecule has 0 radical (unpaired) electrons. The van der Waals surface area contributed by atoms with Gasteiger partial charge in [0.25, 0.3) is 11.8 Å². The summed E-state index contributed by atoms with van der Waals surface area (Å²) in [6.07, 6.45) is 0.833. The van der Waals surface area contributed by atoms with Gasteiger partial charge in [-0.1, -0.05) is 36.2 Å². The van der Waals surface area contributed by atoms with E-state index in [0.717, 1.165) is 6.42 Å². The lowest BCUT2D eigenvalue weighted by molar-refractivity contribution is -0.0607. The van der Waals surface area contributed by atoms with Crippen LogP contribution in [0.15, 0.2) is 34.9 Å². The lowest BCUT2D eigenvalue weighted by atomic mass is 10.1. The Morgan fingerprint density at radius 2 is 1.87 bits per heavy atom. The van der Waals surface area contributed by atoms with Crippen molar-refractivity contribution in [2.24, 2.45) is 0 Å². The van der Waals surface area contributed by atoms with Gasteiger partial charge in [0.15, 0.2) is 0 Å². The number of carbonyl (C=O) groups is 3. The predicted octanol–water partition coefficient (Wildman–Crippen LogP) is 2.56. The summed E-state index contributed by atoms with van der Waals surface area (Å²) in [6.45, 7) is 3.92. The van der Waals surface area contributed by atoms with E-state index in [2.05, 4.69) is 5.16 Å². The lowest BCUT2D eigenvalue weighted by Crippen LogP contribution is -2.32. The molecule has 118 valence electrons. The molecule has 2 amide bonds. The Labute approximate surface area is 131 Å². The monoisotopic (exact) mass is 314 g/mol. The normalized spacial score (nSPS) is 14.8. The highest BCUT2D eigenvalue weighted by molar-refractivity contribution is 6.21. The van der Waals surface area contributed by atoms with Crippen LogP contribution >= 0.6 is 0 Å². The maximum Gasteiger partial charge on any atom is 0.401 e. The number of fused-ring (bicyclic) bond motifs is 1. The van der Waals surface area contributed by atoms with Crippen molar-refractivity contribution in [1.29, 1.82) is 0 Å². The first-order valence-electron chi connectivity index (χ1n) is 7.19. The Morgan fingerprint density at radius 1 is 1.26 bits per heavy atom. The molecule has 0 fully saturated rings. The van der Waals surface area contributed by atoms with Crippen LogP contribution in [-0.4, -0.2) is 28.0 Å². The van der Waals surface area contributed by atoms with Gasteiger partial charge in [-0.15, -0.1) is 0 Å². The standard InChI is InChI=1S/C16H14N2O5/c1-3-9(2)12-8-13(22-17-12)16(21)23-18-14(19)10-6-4-5-7-11(10)15(18)20/h4-9H,3H2,1-2H3. The summed E-state index contributed by atoms with van der Waals surface area (Å²) in [5.41, 5.74) is 1.01. The first kappa shape index (κ1) is 15.0. The average molecular weight is 314 g/mol. The van der Waals surface area contributed by atoms with E-state index >= 15 is 0 Å². The Balaban J connectivity index is 1.78. The fourth-order valence-corrected chi connectivity index (χ4v) is 2.20. The third-order valence-corrected chi connectivity index (χ3v) is 3.78. The molecule has 0 spiro atoms. The molecular weight excluding hydrogens is 300 g/mol. The fraction of sp³-hybridized carbons (Fsp3) is 0.250. The van der Waals surface area contributed by atoms with E-state index in [1.54, 1.807) is 12.1 Å². The molecule has 1 aliphatic rings. The van der Waals surface area contributed by atoms with Gasteiger partial charge < -0.3 is 9.36 Å². The molecule has 7 nitrogen and oxygen atoms in total. The van der Waals surface area contributed by atoms with Crippen molar-refractivity contribution >= 4 is 17.8 Å². The van der Waals surface area contributed by atoms with E-state index in [4.69, 9.17) is 9.36 Å². The maximum atomic E-state index is 12.1. The molecule has 0 saturated carbocycles. The van der Waals surface area contributed by atoms with Gasteiger partial charge in [0.2, 0.25) is 5.76 Å². The van der Waals surface area contributed by atoms with Crippen LogP contribution in [0.5, 0.6) is 0 Å². The van der Waals surface area contributed by atoms with Crippen LogP contribution in [0.4, 0.5) is 0 Å². The molecule has 0 bridgehead atoms. The summed E-state index contributed by atoms with van der Waals surface area (Å²) in [5, 5.41) is 4.24. The summed E-state index contributed by atoms with van der Waals surface area (Å²) in [6, 6.07) is 7.71. The third kappa shape index (κ3) is 2.50. The predicted molar refractivity (Wildman–Crippen MR) is 77.6 cm³/mol. The molecule has 0 saturated heterocycles. The third-order valence-electron chi connectivity index (χ3n) is 3.78. The summed E-state index contributed by atoms with van der Waals surface area (Å²) >= 11 is 0. The minimum absolute atomic E-state index is 0.125. The number of carbonyl (C=O) groups excluding carboxylic acids is 3. The van der Waals surface area contributed by atoms with Crippen LogP contribution in [0.3, 0.4) is 0 Å². The van der Waals surface area contributed by atoms with E-state index in [0.29, 0.717) is 10.8 Å². The van der Waals surface area contributed by atoms with Gasteiger partial charge in [0.05, 0.1) is 16.8 Å². The largest absolute Gasteiger partial charge is 0.401 e.